The monoisotopic (exact) mass is 346 g/mol. The van der Waals surface area contributed by atoms with Crippen LogP contribution in [0, 0.1) is 5.41 Å². The molecule has 6 heteroatoms. The van der Waals surface area contributed by atoms with Crippen LogP contribution < -0.4 is 0 Å². The summed E-state index contributed by atoms with van der Waals surface area (Å²) >= 11 is 0. The highest BCUT2D eigenvalue weighted by Gasteiger charge is 2.47. The third-order valence-electron chi connectivity index (χ3n) is 5.78. The fraction of sp³-hybridized carbons (Fsp3) is 0.737. The lowest BCUT2D eigenvalue weighted by molar-refractivity contribution is -0.142. The fourth-order valence-corrected chi connectivity index (χ4v) is 4.39. The maximum absolute atomic E-state index is 11.6. The van der Waals surface area contributed by atoms with E-state index in [1.165, 1.54) is 0 Å². The lowest BCUT2D eigenvalue weighted by Crippen LogP contribution is -2.41. The number of carboxylic acids is 1. The number of nitrogens with zero attached hydrogens (tertiary/aromatic N) is 4. The summed E-state index contributed by atoms with van der Waals surface area (Å²) in [7, 11) is 0. The van der Waals surface area contributed by atoms with Crippen LogP contribution in [0.5, 0.6) is 0 Å². The summed E-state index contributed by atoms with van der Waals surface area (Å²) in [5.74, 6) is 0.252. The van der Waals surface area contributed by atoms with Gasteiger partial charge in [0, 0.05) is 25.7 Å². The van der Waals surface area contributed by atoms with Crippen molar-refractivity contribution in [3.63, 3.8) is 0 Å². The van der Waals surface area contributed by atoms with Crippen LogP contribution in [0.15, 0.2) is 12.3 Å². The maximum Gasteiger partial charge on any atom is 0.320 e. The fourth-order valence-electron chi connectivity index (χ4n) is 4.39. The normalized spacial score (nSPS) is 24.0. The molecule has 0 saturated carbocycles. The zero-order chi connectivity index (χ0) is 17.9. The molecule has 1 spiro atoms. The first-order valence-electron chi connectivity index (χ1n) is 9.55. The van der Waals surface area contributed by atoms with E-state index >= 15 is 0 Å². The standard InChI is InChI=1S/C19H30N4O2/c1-3-9-23-14-19(12-16(23)18(24)25)6-10-22(11-7-19)13-15-5-8-20-17(4-2)21-15/h5,8,16H,3-4,6-7,9-14H2,1-2H3,(H,24,25)/t16-/m0/s1. The zero-order valence-electron chi connectivity index (χ0n) is 15.4. The molecule has 25 heavy (non-hydrogen) atoms. The molecule has 0 radical (unpaired) electrons. The third-order valence-corrected chi connectivity index (χ3v) is 5.78. The average molecular weight is 346 g/mol. The zero-order valence-corrected chi connectivity index (χ0v) is 15.4. The van der Waals surface area contributed by atoms with Crippen molar-refractivity contribution >= 4 is 5.97 Å². The number of aliphatic carboxylic acids is 1. The first kappa shape index (κ1) is 18.3. The van der Waals surface area contributed by atoms with E-state index in [1.54, 1.807) is 0 Å². The van der Waals surface area contributed by atoms with Gasteiger partial charge in [0.25, 0.3) is 0 Å². The number of carbonyl (C=O) groups is 1. The second-order valence-corrected chi connectivity index (χ2v) is 7.62. The SMILES string of the molecule is CCCN1CC2(CCN(Cc3ccnc(CC)n3)CC2)C[C@H]1C(=O)O. The molecule has 2 aliphatic heterocycles. The van der Waals surface area contributed by atoms with Crippen LogP contribution in [-0.4, -0.2) is 63.1 Å². The van der Waals surface area contributed by atoms with Crippen molar-refractivity contribution in [3.8, 4) is 0 Å². The van der Waals surface area contributed by atoms with Crippen molar-refractivity contribution in [2.45, 2.75) is 58.5 Å². The van der Waals surface area contributed by atoms with Gasteiger partial charge in [0.05, 0.1) is 5.69 Å². The largest absolute Gasteiger partial charge is 0.480 e. The number of carboxylic acid groups (broad SMARTS) is 1. The summed E-state index contributed by atoms with van der Waals surface area (Å²) in [6.45, 7) is 8.95. The average Bonchev–Trinajstić information content (AvgIpc) is 2.96. The Balaban J connectivity index is 1.58. The van der Waals surface area contributed by atoms with Gasteiger partial charge in [-0.15, -0.1) is 0 Å². The Morgan fingerprint density at radius 3 is 2.76 bits per heavy atom. The second-order valence-electron chi connectivity index (χ2n) is 7.62. The van der Waals surface area contributed by atoms with Crippen molar-refractivity contribution in [1.29, 1.82) is 0 Å². The topological polar surface area (TPSA) is 69.6 Å². The van der Waals surface area contributed by atoms with Gasteiger partial charge in [0.15, 0.2) is 0 Å². The molecule has 1 aromatic heterocycles. The van der Waals surface area contributed by atoms with Gasteiger partial charge in [0.2, 0.25) is 0 Å². The predicted molar refractivity (Wildman–Crippen MR) is 96.3 cm³/mol. The molecule has 3 rings (SSSR count). The summed E-state index contributed by atoms with van der Waals surface area (Å²) < 4.78 is 0. The lowest BCUT2D eigenvalue weighted by Gasteiger charge is -2.39. The van der Waals surface area contributed by atoms with Gasteiger partial charge in [-0.3, -0.25) is 14.6 Å². The Labute approximate surface area is 150 Å². The van der Waals surface area contributed by atoms with Gasteiger partial charge in [-0.05, 0) is 56.8 Å². The summed E-state index contributed by atoms with van der Waals surface area (Å²) in [6.07, 6.45) is 6.71. The maximum atomic E-state index is 11.6. The number of aromatic nitrogens is 2. The van der Waals surface area contributed by atoms with Crippen LogP contribution >= 0.6 is 0 Å². The van der Waals surface area contributed by atoms with E-state index in [-0.39, 0.29) is 11.5 Å². The quantitative estimate of drug-likeness (QED) is 0.851. The van der Waals surface area contributed by atoms with Crippen LogP contribution in [0.1, 0.15) is 51.0 Å². The van der Waals surface area contributed by atoms with E-state index in [0.717, 1.165) is 76.3 Å². The van der Waals surface area contributed by atoms with Crippen molar-refractivity contribution in [2.75, 3.05) is 26.2 Å². The summed E-state index contributed by atoms with van der Waals surface area (Å²) in [5, 5.41) is 9.55. The minimum Gasteiger partial charge on any atom is -0.480 e. The summed E-state index contributed by atoms with van der Waals surface area (Å²) in [4.78, 5) is 25.1. The molecular formula is C19H30N4O2. The molecule has 3 heterocycles. The van der Waals surface area contributed by atoms with E-state index in [4.69, 9.17) is 0 Å². The minimum absolute atomic E-state index is 0.189. The van der Waals surface area contributed by atoms with E-state index in [9.17, 15) is 9.90 Å². The van der Waals surface area contributed by atoms with Crippen LogP contribution in [0.25, 0.3) is 0 Å². The minimum atomic E-state index is -0.652. The van der Waals surface area contributed by atoms with Crippen molar-refractivity contribution in [3.05, 3.63) is 23.8 Å². The Bertz CT molecular complexity index is 599. The highest BCUT2D eigenvalue weighted by molar-refractivity contribution is 5.74. The molecule has 0 unspecified atom stereocenters. The Hall–Kier alpha value is -1.53. The van der Waals surface area contributed by atoms with Gasteiger partial charge in [-0.1, -0.05) is 13.8 Å². The highest BCUT2D eigenvalue weighted by Crippen LogP contribution is 2.43. The second kappa shape index (κ2) is 7.79. The van der Waals surface area contributed by atoms with Gasteiger partial charge < -0.3 is 5.11 Å². The van der Waals surface area contributed by atoms with Gasteiger partial charge in [-0.2, -0.15) is 0 Å². The lowest BCUT2D eigenvalue weighted by atomic mass is 9.76. The molecule has 0 aromatic carbocycles. The molecule has 2 saturated heterocycles. The van der Waals surface area contributed by atoms with Crippen LogP contribution in [-0.2, 0) is 17.8 Å². The molecular weight excluding hydrogens is 316 g/mol. The molecule has 2 fully saturated rings. The molecule has 6 nitrogen and oxygen atoms in total. The molecule has 1 N–H and O–H groups in total. The van der Waals surface area contributed by atoms with Crippen molar-refractivity contribution < 1.29 is 9.90 Å². The van der Waals surface area contributed by atoms with Crippen molar-refractivity contribution in [1.82, 2.24) is 19.8 Å². The van der Waals surface area contributed by atoms with Gasteiger partial charge in [-0.25, -0.2) is 9.97 Å². The number of rotatable bonds is 6. The molecule has 0 aliphatic carbocycles. The number of hydrogen-bond donors (Lipinski definition) is 1. The Morgan fingerprint density at radius 1 is 1.36 bits per heavy atom. The molecule has 1 aromatic rings. The first-order valence-corrected chi connectivity index (χ1v) is 9.55. The van der Waals surface area contributed by atoms with Crippen LogP contribution in [0.3, 0.4) is 0 Å². The molecule has 0 amide bonds. The molecule has 2 aliphatic rings. The number of hydrogen-bond acceptors (Lipinski definition) is 5. The number of piperidine rings is 1. The Morgan fingerprint density at radius 2 is 2.12 bits per heavy atom. The molecule has 0 bridgehead atoms. The third kappa shape index (κ3) is 4.18. The van der Waals surface area contributed by atoms with E-state index in [0.29, 0.717) is 0 Å². The van der Waals surface area contributed by atoms with Gasteiger partial charge in [0.1, 0.15) is 11.9 Å². The predicted octanol–water partition coefficient (Wildman–Crippen LogP) is 2.19. The van der Waals surface area contributed by atoms with E-state index in [1.807, 2.05) is 12.3 Å². The summed E-state index contributed by atoms with van der Waals surface area (Å²) in [5.41, 5.74) is 1.28. The molecule has 138 valence electrons. The van der Waals surface area contributed by atoms with Crippen LogP contribution in [0.4, 0.5) is 0 Å². The van der Waals surface area contributed by atoms with Gasteiger partial charge >= 0.3 is 5.97 Å². The number of aryl methyl sites for hydroxylation is 1. The molecule has 1 atom stereocenters. The Kier molecular flexibility index (Phi) is 5.69. The van der Waals surface area contributed by atoms with Crippen molar-refractivity contribution in [2.24, 2.45) is 5.41 Å². The first-order chi connectivity index (χ1) is 12.0. The number of likely N-dealkylation sites (tertiary alicyclic amines) is 2. The smallest absolute Gasteiger partial charge is 0.320 e. The van der Waals surface area contributed by atoms with Crippen LogP contribution in [0.2, 0.25) is 0 Å². The summed E-state index contributed by atoms with van der Waals surface area (Å²) in [6, 6.07) is 1.71. The highest BCUT2D eigenvalue weighted by atomic mass is 16.4. The van der Waals surface area contributed by atoms with E-state index < -0.39 is 5.97 Å². The van der Waals surface area contributed by atoms with E-state index in [2.05, 4.69) is 33.6 Å².